The highest BCUT2D eigenvalue weighted by Gasteiger charge is 2.20. The molecule has 1 saturated carbocycles. The van der Waals surface area contributed by atoms with Crippen LogP contribution >= 0.6 is 0 Å². The van der Waals surface area contributed by atoms with Crippen molar-refractivity contribution < 1.29 is 9.84 Å². The zero-order valence-electron chi connectivity index (χ0n) is 11.3. The standard InChI is InChI=1S/C15H23NO2/c1-3-14(17)10-18-15-11(2)5-4-6-12(15)9-16-13-7-8-13/h4-6,13-14,16-17H,3,7-10H2,1-2H3. The lowest BCUT2D eigenvalue weighted by atomic mass is 10.1. The Morgan fingerprint density at radius 1 is 1.44 bits per heavy atom. The maximum Gasteiger partial charge on any atom is 0.126 e. The second kappa shape index (κ2) is 6.21. The third kappa shape index (κ3) is 3.72. The largest absolute Gasteiger partial charge is 0.490 e. The van der Waals surface area contributed by atoms with Gasteiger partial charge < -0.3 is 15.2 Å². The molecule has 1 aromatic carbocycles. The third-order valence-electron chi connectivity index (χ3n) is 3.34. The van der Waals surface area contributed by atoms with E-state index in [0.717, 1.165) is 24.3 Å². The summed E-state index contributed by atoms with van der Waals surface area (Å²) in [4.78, 5) is 0. The predicted molar refractivity (Wildman–Crippen MR) is 72.8 cm³/mol. The summed E-state index contributed by atoms with van der Waals surface area (Å²) in [5, 5.41) is 13.1. The van der Waals surface area contributed by atoms with E-state index in [2.05, 4.69) is 17.4 Å². The molecular formula is C15H23NO2. The second-order valence-corrected chi connectivity index (χ2v) is 5.09. The van der Waals surface area contributed by atoms with E-state index in [1.165, 1.54) is 18.4 Å². The molecule has 1 aromatic rings. The number of ether oxygens (including phenoxy) is 1. The van der Waals surface area contributed by atoms with E-state index in [0.29, 0.717) is 12.6 Å². The fourth-order valence-corrected chi connectivity index (χ4v) is 1.90. The van der Waals surface area contributed by atoms with Crippen molar-refractivity contribution >= 4 is 0 Å². The first-order chi connectivity index (χ1) is 8.70. The van der Waals surface area contributed by atoms with E-state index in [4.69, 9.17) is 4.74 Å². The summed E-state index contributed by atoms with van der Waals surface area (Å²) >= 11 is 0. The molecule has 0 saturated heterocycles. The maximum atomic E-state index is 9.59. The molecule has 2 rings (SSSR count). The quantitative estimate of drug-likeness (QED) is 0.779. The van der Waals surface area contributed by atoms with Crippen LogP contribution in [0.25, 0.3) is 0 Å². The Balaban J connectivity index is 1.99. The average Bonchev–Trinajstić information content (AvgIpc) is 3.18. The van der Waals surface area contributed by atoms with Crippen LogP contribution in [-0.4, -0.2) is 23.9 Å². The van der Waals surface area contributed by atoms with Crippen molar-refractivity contribution in [2.75, 3.05) is 6.61 Å². The molecule has 0 radical (unpaired) electrons. The lowest BCUT2D eigenvalue weighted by Gasteiger charge is -2.16. The summed E-state index contributed by atoms with van der Waals surface area (Å²) in [6.45, 7) is 5.23. The van der Waals surface area contributed by atoms with Crippen molar-refractivity contribution in [3.8, 4) is 5.75 Å². The van der Waals surface area contributed by atoms with Crippen LogP contribution in [0.2, 0.25) is 0 Å². The Labute approximate surface area is 109 Å². The third-order valence-corrected chi connectivity index (χ3v) is 3.34. The number of aliphatic hydroxyl groups excluding tert-OH is 1. The van der Waals surface area contributed by atoms with E-state index in [-0.39, 0.29) is 6.10 Å². The summed E-state index contributed by atoms with van der Waals surface area (Å²) < 4.78 is 5.78. The van der Waals surface area contributed by atoms with Crippen LogP contribution in [0.15, 0.2) is 18.2 Å². The van der Waals surface area contributed by atoms with Crippen LogP contribution in [-0.2, 0) is 6.54 Å². The van der Waals surface area contributed by atoms with E-state index in [9.17, 15) is 5.11 Å². The molecule has 0 aromatic heterocycles. The molecule has 2 N–H and O–H groups in total. The van der Waals surface area contributed by atoms with Gasteiger partial charge in [-0.3, -0.25) is 0 Å². The molecule has 0 amide bonds. The van der Waals surface area contributed by atoms with Crippen molar-refractivity contribution in [2.45, 2.75) is 51.8 Å². The average molecular weight is 249 g/mol. The summed E-state index contributed by atoms with van der Waals surface area (Å²) in [6, 6.07) is 6.90. The first-order valence-electron chi connectivity index (χ1n) is 6.83. The number of hydrogen-bond donors (Lipinski definition) is 2. The molecular weight excluding hydrogens is 226 g/mol. The van der Waals surface area contributed by atoms with Gasteiger partial charge in [0, 0.05) is 18.2 Å². The Morgan fingerprint density at radius 3 is 2.89 bits per heavy atom. The molecule has 0 spiro atoms. The Hall–Kier alpha value is -1.06. The molecule has 1 atom stereocenters. The van der Waals surface area contributed by atoms with Crippen LogP contribution in [0.1, 0.15) is 37.3 Å². The number of hydrogen-bond acceptors (Lipinski definition) is 3. The van der Waals surface area contributed by atoms with Gasteiger partial charge in [0.05, 0.1) is 6.10 Å². The van der Waals surface area contributed by atoms with Gasteiger partial charge in [-0.05, 0) is 31.7 Å². The fraction of sp³-hybridized carbons (Fsp3) is 0.600. The van der Waals surface area contributed by atoms with E-state index in [1.54, 1.807) is 0 Å². The minimum Gasteiger partial charge on any atom is -0.490 e. The normalized spacial score (nSPS) is 16.6. The fourth-order valence-electron chi connectivity index (χ4n) is 1.90. The summed E-state index contributed by atoms with van der Waals surface area (Å²) in [7, 11) is 0. The van der Waals surface area contributed by atoms with Crippen LogP contribution in [0.5, 0.6) is 5.75 Å². The minimum absolute atomic E-state index is 0.373. The molecule has 100 valence electrons. The lowest BCUT2D eigenvalue weighted by molar-refractivity contribution is 0.103. The molecule has 18 heavy (non-hydrogen) atoms. The summed E-state index contributed by atoms with van der Waals surface area (Å²) in [6.07, 6.45) is 2.92. The highest BCUT2D eigenvalue weighted by Crippen LogP contribution is 2.25. The van der Waals surface area contributed by atoms with Crippen LogP contribution in [0, 0.1) is 6.92 Å². The van der Waals surface area contributed by atoms with E-state index >= 15 is 0 Å². The van der Waals surface area contributed by atoms with Crippen LogP contribution in [0.4, 0.5) is 0 Å². The van der Waals surface area contributed by atoms with Gasteiger partial charge in [0.1, 0.15) is 12.4 Å². The zero-order valence-corrected chi connectivity index (χ0v) is 11.3. The van der Waals surface area contributed by atoms with Gasteiger partial charge in [0.2, 0.25) is 0 Å². The van der Waals surface area contributed by atoms with Gasteiger partial charge in [0.25, 0.3) is 0 Å². The molecule has 0 aliphatic heterocycles. The molecule has 1 unspecified atom stereocenters. The number of nitrogens with one attached hydrogen (secondary N) is 1. The van der Waals surface area contributed by atoms with Crippen LogP contribution in [0.3, 0.4) is 0 Å². The number of rotatable bonds is 7. The molecule has 3 nitrogen and oxygen atoms in total. The van der Waals surface area contributed by atoms with Crippen LogP contribution < -0.4 is 10.1 Å². The second-order valence-electron chi connectivity index (χ2n) is 5.09. The highest BCUT2D eigenvalue weighted by molar-refractivity contribution is 5.40. The van der Waals surface area contributed by atoms with Gasteiger partial charge in [-0.15, -0.1) is 0 Å². The molecule has 1 fully saturated rings. The lowest BCUT2D eigenvalue weighted by Crippen LogP contribution is -2.19. The monoisotopic (exact) mass is 249 g/mol. The molecule has 3 heteroatoms. The number of benzene rings is 1. The Kier molecular flexibility index (Phi) is 4.61. The zero-order chi connectivity index (χ0) is 13.0. The Bertz CT molecular complexity index is 388. The topological polar surface area (TPSA) is 41.5 Å². The van der Waals surface area contributed by atoms with Gasteiger partial charge >= 0.3 is 0 Å². The number of aryl methyl sites for hydroxylation is 1. The highest BCUT2D eigenvalue weighted by atomic mass is 16.5. The van der Waals surface area contributed by atoms with Crippen molar-refractivity contribution in [1.29, 1.82) is 0 Å². The maximum absolute atomic E-state index is 9.59. The first kappa shape index (κ1) is 13.4. The first-order valence-corrected chi connectivity index (χ1v) is 6.83. The van der Waals surface area contributed by atoms with E-state index < -0.39 is 0 Å². The van der Waals surface area contributed by atoms with Gasteiger partial charge in [-0.25, -0.2) is 0 Å². The number of para-hydroxylation sites is 1. The SMILES string of the molecule is CCC(O)COc1c(C)cccc1CNC1CC1. The molecule has 0 heterocycles. The van der Waals surface area contributed by atoms with Crippen molar-refractivity contribution in [3.05, 3.63) is 29.3 Å². The van der Waals surface area contributed by atoms with Crippen molar-refractivity contribution in [1.82, 2.24) is 5.32 Å². The molecule has 1 aliphatic rings. The predicted octanol–water partition coefficient (Wildman–Crippen LogP) is 2.40. The summed E-state index contributed by atoms with van der Waals surface area (Å²) in [5.41, 5.74) is 2.32. The minimum atomic E-state index is -0.381. The van der Waals surface area contributed by atoms with E-state index in [1.807, 2.05) is 19.9 Å². The summed E-state index contributed by atoms with van der Waals surface area (Å²) in [5.74, 6) is 0.929. The van der Waals surface area contributed by atoms with Gasteiger partial charge in [-0.1, -0.05) is 25.1 Å². The van der Waals surface area contributed by atoms with Crippen molar-refractivity contribution in [3.63, 3.8) is 0 Å². The smallest absolute Gasteiger partial charge is 0.126 e. The van der Waals surface area contributed by atoms with Crippen molar-refractivity contribution in [2.24, 2.45) is 0 Å². The molecule has 0 bridgehead atoms. The molecule has 1 aliphatic carbocycles. The number of aliphatic hydroxyl groups is 1. The van der Waals surface area contributed by atoms with Gasteiger partial charge in [0.15, 0.2) is 0 Å². The van der Waals surface area contributed by atoms with Gasteiger partial charge in [-0.2, -0.15) is 0 Å². The Morgan fingerprint density at radius 2 is 2.22 bits per heavy atom.